The van der Waals surface area contributed by atoms with Gasteiger partial charge in [-0.1, -0.05) is 12.1 Å². The normalized spacial score (nSPS) is 10.2. The van der Waals surface area contributed by atoms with E-state index in [-0.39, 0.29) is 12.6 Å². The van der Waals surface area contributed by atoms with Crippen LogP contribution in [0.1, 0.15) is 5.56 Å². The number of methoxy groups -OCH3 is 1. The minimum absolute atomic E-state index is 0.218. The zero-order valence-electron chi connectivity index (χ0n) is 10.6. The van der Waals surface area contributed by atoms with E-state index in [1.54, 1.807) is 31.4 Å². The van der Waals surface area contributed by atoms with E-state index in [1.807, 2.05) is 12.1 Å². The maximum absolute atomic E-state index is 12.7. The van der Waals surface area contributed by atoms with Gasteiger partial charge in [0.15, 0.2) is 6.79 Å². The predicted molar refractivity (Wildman–Crippen MR) is 69.7 cm³/mol. The van der Waals surface area contributed by atoms with Crippen molar-refractivity contribution in [3.8, 4) is 11.5 Å². The molecule has 0 N–H and O–H groups in total. The lowest BCUT2D eigenvalue weighted by atomic mass is 10.2. The van der Waals surface area contributed by atoms with Crippen molar-refractivity contribution in [2.45, 2.75) is 6.61 Å². The molecule has 100 valence electrons. The van der Waals surface area contributed by atoms with Gasteiger partial charge in [0.1, 0.15) is 23.9 Å². The quantitative estimate of drug-likeness (QED) is 0.747. The van der Waals surface area contributed by atoms with Crippen LogP contribution in [0.2, 0.25) is 0 Å². The van der Waals surface area contributed by atoms with Crippen molar-refractivity contribution >= 4 is 0 Å². The van der Waals surface area contributed by atoms with E-state index in [0.717, 1.165) is 17.1 Å². The number of hydrogen-bond acceptors (Lipinski definition) is 3. The van der Waals surface area contributed by atoms with E-state index in [9.17, 15) is 4.39 Å². The van der Waals surface area contributed by atoms with Crippen LogP contribution in [0.3, 0.4) is 0 Å². The molecule has 0 amide bonds. The average Bonchev–Trinajstić information content (AvgIpc) is 2.46. The van der Waals surface area contributed by atoms with Gasteiger partial charge in [0, 0.05) is 7.11 Å². The van der Waals surface area contributed by atoms with Gasteiger partial charge in [-0.15, -0.1) is 0 Å². The fourth-order valence-electron chi connectivity index (χ4n) is 1.51. The number of hydrogen-bond donors (Lipinski definition) is 0. The molecule has 0 aliphatic rings. The monoisotopic (exact) mass is 262 g/mol. The topological polar surface area (TPSA) is 27.7 Å². The van der Waals surface area contributed by atoms with Gasteiger partial charge >= 0.3 is 0 Å². The molecule has 0 heterocycles. The van der Waals surface area contributed by atoms with Crippen molar-refractivity contribution in [2.24, 2.45) is 0 Å². The van der Waals surface area contributed by atoms with E-state index in [2.05, 4.69) is 0 Å². The molecule has 0 saturated carbocycles. The van der Waals surface area contributed by atoms with Crippen LogP contribution >= 0.6 is 0 Å². The minimum Gasteiger partial charge on any atom is -0.489 e. The lowest BCUT2D eigenvalue weighted by Crippen LogP contribution is -1.99. The molecule has 0 unspecified atom stereocenters. The molecule has 19 heavy (non-hydrogen) atoms. The smallest absolute Gasteiger partial charge is 0.188 e. The summed E-state index contributed by atoms with van der Waals surface area (Å²) in [7, 11) is 1.57. The first kappa shape index (κ1) is 13.4. The fraction of sp³-hybridized carbons (Fsp3) is 0.200. The number of rotatable bonds is 6. The van der Waals surface area contributed by atoms with Crippen molar-refractivity contribution in [1.82, 2.24) is 0 Å². The summed E-state index contributed by atoms with van der Waals surface area (Å²) in [4.78, 5) is 0. The summed E-state index contributed by atoms with van der Waals surface area (Å²) in [6.45, 7) is 0.619. The Morgan fingerprint density at radius 2 is 1.42 bits per heavy atom. The summed E-state index contributed by atoms with van der Waals surface area (Å²) in [5, 5.41) is 0. The molecular weight excluding hydrogens is 247 g/mol. The van der Waals surface area contributed by atoms with Gasteiger partial charge in [0.05, 0.1) is 0 Å². The molecule has 0 spiro atoms. The number of benzene rings is 2. The third-order valence-electron chi connectivity index (χ3n) is 2.49. The summed E-state index contributed by atoms with van der Waals surface area (Å²) in [6, 6.07) is 13.5. The first-order valence-corrected chi connectivity index (χ1v) is 5.87. The highest BCUT2D eigenvalue weighted by Gasteiger charge is 1.98. The number of halogens is 1. The third-order valence-corrected chi connectivity index (χ3v) is 2.49. The highest BCUT2D eigenvalue weighted by atomic mass is 19.1. The first-order valence-electron chi connectivity index (χ1n) is 5.87. The van der Waals surface area contributed by atoms with E-state index < -0.39 is 0 Å². The molecule has 3 nitrogen and oxygen atoms in total. The highest BCUT2D eigenvalue weighted by molar-refractivity contribution is 5.31. The van der Waals surface area contributed by atoms with Crippen LogP contribution in [0, 0.1) is 5.82 Å². The first-order chi connectivity index (χ1) is 9.28. The maximum atomic E-state index is 12.7. The van der Waals surface area contributed by atoms with Gasteiger partial charge < -0.3 is 14.2 Å². The van der Waals surface area contributed by atoms with Crippen LogP contribution in [-0.4, -0.2) is 13.9 Å². The molecular formula is C15H15FO3. The Kier molecular flexibility index (Phi) is 4.75. The Labute approximate surface area is 111 Å². The van der Waals surface area contributed by atoms with Gasteiger partial charge in [0.2, 0.25) is 0 Å². The molecule has 0 fully saturated rings. The molecule has 0 saturated heterocycles. The van der Waals surface area contributed by atoms with Crippen molar-refractivity contribution in [3.05, 3.63) is 59.9 Å². The standard InChI is InChI=1S/C15H15FO3/c1-17-11-19-15-8-6-14(7-9-15)18-10-12-2-4-13(16)5-3-12/h2-9H,10-11H2,1H3. The molecule has 2 rings (SSSR count). The Hall–Kier alpha value is -2.07. The van der Waals surface area contributed by atoms with Gasteiger partial charge in [-0.2, -0.15) is 0 Å². The molecule has 2 aromatic rings. The summed E-state index contributed by atoms with van der Waals surface area (Å²) in [5.74, 6) is 1.20. The summed E-state index contributed by atoms with van der Waals surface area (Å²) >= 11 is 0. The molecule has 0 bridgehead atoms. The number of ether oxygens (including phenoxy) is 3. The fourth-order valence-corrected chi connectivity index (χ4v) is 1.51. The average molecular weight is 262 g/mol. The van der Waals surface area contributed by atoms with Crippen molar-refractivity contribution in [3.63, 3.8) is 0 Å². The minimum atomic E-state index is -0.247. The highest BCUT2D eigenvalue weighted by Crippen LogP contribution is 2.18. The second-order valence-corrected chi connectivity index (χ2v) is 3.94. The van der Waals surface area contributed by atoms with E-state index in [4.69, 9.17) is 14.2 Å². The van der Waals surface area contributed by atoms with Crippen molar-refractivity contribution in [2.75, 3.05) is 13.9 Å². The Morgan fingerprint density at radius 1 is 0.842 bits per heavy atom. The zero-order chi connectivity index (χ0) is 13.5. The van der Waals surface area contributed by atoms with E-state index in [0.29, 0.717) is 6.61 Å². The van der Waals surface area contributed by atoms with E-state index in [1.165, 1.54) is 12.1 Å². The molecule has 0 aliphatic heterocycles. The van der Waals surface area contributed by atoms with Gasteiger partial charge in [0.25, 0.3) is 0 Å². The second kappa shape index (κ2) is 6.75. The van der Waals surface area contributed by atoms with E-state index >= 15 is 0 Å². The Bertz CT molecular complexity index is 494. The zero-order valence-corrected chi connectivity index (χ0v) is 10.6. The molecule has 0 atom stereocenters. The Balaban J connectivity index is 1.87. The van der Waals surface area contributed by atoms with Crippen molar-refractivity contribution in [1.29, 1.82) is 0 Å². The van der Waals surface area contributed by atoms with Crippen LogP contribution in [0.4, 0.5) is 4.39 Å². The molecule has 4 heteroatoms. The molecule has 2 aromatic carbocycles. The van der Waals surface area contributed by atoms with Gasteiger partial charge in [-0.3, -0.25) is 0 Å². The maximum Gasteiger partial charge on any atom is 0.188 e. The molecule has 0 aliphatic carbocycles. The lowest BCUT2D eigenvalue weighted by Gasteiger charge is -2.08. The lowest BCUT2D eigenvalue weighted by molar-refractivity contribution is 0.0511. The van der Waals surface area contributed by atoms with Crippen LogP contribution in [0.25, 0.3) is 0 Å². The predicted octanol–water partition coefficient (Wildman–Crippen LogP) is 3.39. The van der Waals surface area contributed by atoms with Gasteiger partial charge in [-0.05, 0) is 42.0 Å². The summed E-state index contributed by atoms with van der Waals surface area (Å²) < 4.78 is 28.4. The van der Waals surface area contributed by atoms with Crippen LogP contribution in [0.5, 0.6) is 11.5 Å². The molecule has 0 radical (unpaired) electrons. The van der Waals surface area contributed by atoms with Crippen LogP contribution in [-0.2, 0) is 11.3 Å². The van der Waals surface area contributed by atoms with Crippen LogP contribution < -0.4 is 9.47 Å². The third kappa shape index (κ3) is 4.26. The second-order valence-electron chi connectivity index (χ2n) is 3.94. The van der Waals surface area contributed by atoms with Crippen LogP contribution in [0.15, 0.2) is 48.5 Å². The largest absolute Gasteiger partial charge is 0.489 e. The Morgan fingerprint density at radius 3 is 2.00 bits per heavy atom. The summed E-state index contributed by atoms with van der Waals surface area (Å²) in [5.41, 5.74) is 0.918. The van der Waals surface area contributed by atoms with Crippen molar-refractivity contribution < 1.29 is 18.6 Å². The molecule has 0 aromatic heterocycles. The SMILES string of the molecule is COCOc1ccc(OCc2ccc(F)cc2)cc1. The summed E-state index contributed by atoms with van der Waals surface area (Å²) in [6.07, 6.45) is 0. The van der Waals surface area contributed by atoms with Gasteiger partial charge in [-0.25, -0.2) is 4.39 Å².